The summed E-state index contributed by atoms with van der Waals surface area (Å²) in [7, 11) is 1.31. The molecule has 0 radical (unpaired) electrons. The largest absolute Gasteiger partial charge is 0.515 e. The first-order valence-electron chi connectivity index (χ1n) is 24.1. The summed E-state index contributed by atoms with van der Waals surface area (Å²) >= 11 is 0. The molecule has 6 rings (SSSR count). The minimum atomic E-state index is -1.11. The van der Waals surface area contributed by atoms with Crippen LogP contribution < -0.4 is 10.4 Å². The summed E-state index contributed by atoms with van der Waals surface area (Å²) in [5, 5.41) is 33.6. The molecule has 3 aliphatic rings. The van der Waals surface area contributed by atoms with Gasteiger partial charge in [0.25, 0.3) is 0 Å². The van der Waals surface area contributed by atoms with Crippen molar-refractivity contribution in [3.63, 3.8) is 0 Å². The molecular formula is C54H74N4O7. The fourth-order valence-electron chi connectivity index (χ4n) is 10.2. The van der Waals surface area contributed by atoms with E-state index in [1.165, 1.54) is 32.8 Å². The first-order valence-corrected chi connectivity index (χ1v) is 24.1. The Morgan fingerprint density at radius 2 is 1.58 bits per heavy atom. The number of aromatic amines is 2. The van der Waals surface area contributed by atoms with Crippen molar-refractivity contribution in [3.05, 3.63) is 79.8 Å². The highest BCUT2D eigenvalue weighted by Crippen LogP contribution is 2.46. The fourth-order valence-corrected chi connectivity index (χ4v) is 10.2. The van der Waals surface area contributed by atoms with Gasteiger partial charge in [-0.15, -0.1) is 0 Å². The molecule has 65 heavy (non-hydrogen) atoms. The lowest BCUT2D eigenvalue weighted by molar-refractivity contribution is -0.143. The highest BCUT2D eigenvalue weighted by molar-refractivity contribution is 5.97. The molecule has 0 aromatic carbocycles. The van der Waals surface area contributed by atoms with Gasteiger partial charge in [0.05, 0.1) is 41.5 Å². The number of hydrogen-bond acceptors (Lipinski definition) is 9. The van der Waals surface area contributed by atoms with E-state index in [9.17, 15) is 24.9 Å². The molecule has 1 aliphatic carbocycles. The van der Waals surface area contributed by atoms with Crippen molar-refractivity contribution in [1.29, 1.82) is 0 Å². The van der Waals surface area contributed by atoms with Crippen LogP contribution in [0.15, 0.2) is 29.8 Å². The second-order valence-electron chi connectivity index (χ2n) is 19.5. The number of esters is 2. The van der Waals surface area contributed by atoms with Gasteiger partial charge in [0.2, 0.25) is 0 Å². The number of nitrogens with one attached hydrogen (secondary N) is 2. The molecule has 3 aromatic rings. The number of hydrogen-bond donors (Lipinski definition) is 5. The summed E-state index contributed by atoms with van der Waals surface area (Å²) in [4.78, 5) is 44.4. The van der Waals surface area contributed by atoms with Gasteiger partial charge in [-0.25, -0.2) is 4.98 Å². The zero-order chi connectivity index (χ0) is 47.1. The molecule has 11 nitrogen and oxygen atoms in total. The average molecular weight is 891 g/mol. The van der Waals surface area contributed by atoms with E-state index in [2.05, 4.69) is 58.4 Å². The minimum Gasteiger partial charge on any atom is -0.515 e. The SMILES string of the molecule is CCC1=C(C)c2cc3[nH]c(cc4nc(c5c6[nH]c(cc1n2)c(C)c6=C(O)[C@@H]5C(=O)OC)[C@@H](CCC(=O)OC/C=C(\C)CCC[C@H](CO)CCC[C@H](C)CCCC(C)C)[C@@H]4C)c(C)c3=CO. The Labute approximate surface area is 385 Å². The second kappa shape index (κ2) is 21.9. The topological polar surface area (TPSA) is 171 Å². The van der Waals surface area contributed by atoms with Gasteiger partial charge in [-0.2, -0.15) is 0 Å². The van der Waals surface area contributed by atoms with Gasteiger partial charge in [-0.3, -0.25) is 14.6 Å². The maximum atomic E-state index is 13.6. The van der Waals surface area contributed by atoms with Crippen LogP contribution >= 0.6 is 0 Å². The number of aliphatic hydroxyl groups is 3. The van der Waals surface area contributed by atoms with Gasteiger partial charge < -0.3 is 34.8 Å². The number of methoxy groups -OCH3 is 1. The molecule has 2 aliphatic heterocycles. The zero-order valence-electron chi connectivity index (χ0n) is 40.6. The maximum Gasteiger partial charge on any atom is 0.321 e. The van der Waals surface area contributed by atoms with Crippen molar-refractivity contribution in [2.75, 3.05) is 20.3 Å². The molecule has 0 fully saturated rings. The number of ether oxygens (including phenoxy) is 2. The molecule has 352 valence electrons. The summed E-state index contributed by atoms with van der Waals surface area (Å²) < 4.78 is 11.1. The van der Waals surface area contributed by atoms with Crippen LogP contribution in [0.25, 0.3) is 45.2 Å². The fraction of sp³-hybridized carbons (Fsp3) is 0.556. The van der Waals surface area contributed by atoms with Gasteiger partial charge in [0, 0.05) is 57.6 Å². The van der Waals surface area contributed by atoms with Gasteiger partial charge in [-0.1, -0.05) is 72.3 Å². The smallest absolute Gasteiger partial charge is 0.321 e. The average Bonchev–Trinajstić information content (AvgIpc) is 4.02. The molecule has 0 saturated carbocycles. The summed E-state index contributed by atoms with van der Waals surface area (Å²) in [5.74, 6) is -0.831. The number of aliphatic hydroxyl groups excluding tert-OH is 3. The van der Waals surface area contributed by atoms with Crippen molar-refractivity contribution in [2.24, 2.45) is 17.8 Å². The van der Waals surface area contributed by atoms with Crippen molar-refractivity contribution in [2.45, 2.75) is 157 Å². The summed E-state index contributed by atoms with van der Waals surface area (Å²) in [6.07, 6.45) is 14.5. The zero-order valence-corrected chi connectivity index (χ0v) is 40.6. The number of aromatic nitrogens is 4. The van der Waals surface area contributed by atoms with Gasteiger partial charge in [0.15, 0.2) is 0 Å². The number of carbonyl (C=O) groups is 2. The highest BCUT2D eigenvalue weighted by Gasteiger charge is 2.41. The monoisotopic (exact) mass is 891 g/mol. The summed E-state index contributed by atoms with van der Waals surface area (Å²) in [6, 6.07) is 5.93. The maximum absolute atomic E-state index is 13.6. The van der Waals surface area contributed by atoms with Crippen molar-refractivity contribution < 1.29 is 34.4 Å². The Bertz CT molecular complexity index is 2600. The number of allylic oxidation sites excluding steroid dienone is 3. The van der Waals surface area contributed by atoms with Crippen LogP contribution in [0.1, 0.15) is 183 Å². The van der Waals surface area contributed by atoms with Crippen LogP contribution in [0.2, 0.25) is 0 Å². The first kappa shape index (κ1) is 49.3. The van der Waals surface area contributed by atoms with Crippen LogP contribution in [-0.2, 0) is 19.1 Å². The van der Waals surface area contributed by atoms with Crippen LogP contribution in [0, 0.1) is 31.6 Å². The van der Waals surface area contributed by atoms with Crippen molar-refractivity contribution in [1.82, 2.24) is 19.9 Å². The normalized spacial score (nSPS) is 18.5. The second-order valence-corrected chi connectivity index (χ2v) is 19.5. The number of nitrogens with zero attached hydrogens (tertiary/aromatic N) is 2. The Balaban J connectivity index is 1.24. The Morgan fingerprint density at radius 3 is 2.26 bits per heavy atom. The lowest BCUT2D eigenvalue weighted by Gasteiger charge is -2.19. The number of H-pyrrole nitrogens is 2. The summed E-state index contributed by atoms with van der Waals surface area (Å²) in [5.41, 5.74) is 11.2. The third-order valence-electron chi connectivity index (χ3n) is 14.4. The molecule has 5 N–H and O–H groups in total. The molecule has 0 saturated heterocycles. The van der Waals surface area contributed by atoms with Crippen LogP contribution in [0.4, 0.5) is 0 Å². The predicted octanol–water partition coefficient (Wildman–Crippen LogP) is 11.1. The van der Waals surface area contributed by atoms with Crippen LogP contribution in [0.5, 0.6) is 0 Å². The number of aryl methyl sites for hydroxylation is 2. The van der Waals surface area contributed by atoms with Gasteiger partial charge in [-0.05, 0) is 131 Å². The van der Waals surface area contributed by atoms with E-state index in [4.69, 9.17) is 19.4 Å². The molecule has 0 spiro atoms. The lowest BCUT2D eigenvalue weighted by atomic mass is 9.84. The number of carbonyl (C=O) groups excluding carboxylic acids is 2. The van der Waals surface area contributed by atoms with E-state index in [0.717, 1.165) is 113 Å². The highest BCUT2D eigenvalue weighted by atomic mass is 16.5. The molecule has 0 unspecified atom stereocenters. The molecule has 0 amide bonds. The van der Waals surface area contributed by atoms with Gasteiger partial charge >= 0.3 is 11.9 Å². The predicted molar refractivity (Wildman–Crippen MR) is 262 cm³/mol. The molecule has 8 bridgehead atoms. The van der Waals surface area contributed by atoms with E-state index < -0.39 is 11.9 Å². The Morgan fingerprint density at radius 1 is 0.892 bits per heavy atom. The Hall–Kier alpha value is -5.16. The van der Waals surface area contributed by atoms with E-state index in [-0.39, 0.29) is 43.2 Å². The van der Waals surface area contributed by atoms with E-state index in [1.54, 1.807) is 0 Å². The number of fused-ring (bicyclic) bond motifs is 8. The number of rotatable bonds is 20. The molecule has 5 atom stereocenters. The van der Waals surface area contributed by atoms with Crippen molar-refractivity contribution in [3.8, 4) is 0 Å². The quantitative estimate of drug-likeness (QED) is 0.0547. The third-order valence-corrected chi connectivity index (χ3v) is 14.4. The van der Waals surface area contributed by atoms with E-state index in [0.29, 0.717) is 45.1 Å². The summed E-state index contributed by atoms with van der Waals surface area (Å²) in [6.45, 7) is 19.5. The standard InChI is InChI=1S/C54H74N4O7/c1-11-38-33(6)42-26-46-40(29-60)35(8)41(56-46)25-43-34(7)39(51(57-43)49-50(54(63)64-10)53(62)48-36(9)44(58-52(48)49)27-45(38)55-42)21-22-47(61)65-24-23-32(5)18-14-20-37(28-59)19-13-17-31(4)16-12-15-30(2)3/h23,25-27,29-31,34,37,39,50,56,58-60,62H,11-22,24,28H2,1-10H3/b32-23+,40-29?,43-25?,45-27?,46-26?/t31-,34+,37-,39+,50-/m1/s1. The van der Waals surface area contributed by atoms with Crippen LogP contribution in [-0.4, -0.2) is 67.5 Å². The molecule has 5 heterocycles. The third kappa shape index (κ3) is 10.9. The minimum absolute atomic E-state index is 0.0988. The van der Waals surface area contributed by atoms with E-state index >= 15 is 0 Å². The van der Waals surface area contributed by atoms with E-state index in [1.807, 2.05) is 38.1 Å². The van der Waals surface area contributed by atoms with Crippen molar-refractivity contribution >= 4 is 57.2 Å². The van der Waals surface area contributed by atoms with Crippen LogP contribution in [0.3, 0.4) is 0 Å². The first-order chi connectivity index (χ1) is 31.1. The molecule has 3 aromatic heterocycles. The lowest BCUT2D eigenvalue weighted by Crippen LogP contribution is -2.18. The molecule has 11 heteroatoms. The Kier molecular flexibility index (Phi) is 16.6. The molecular weight excluding hydrogens is 817 g/mol. The van der Waals surface area contributed by atoms with Gasteiger partial charge in [0.1, 0.15) is 18.3 Å².